The Bertz CT molecular complexity index is 502. The molecule has 0 unspecified atom stereocenters. The molecule has 2 aromatic rings. The van der Waals surface area contributed by atoms with E-state index >= 15 is 0 Å². The van der Waals surface area contributed by atoms with Crippen LogP contribution in [-0.4, -0.2) is 32.4 Å². The molecule has 0 aromatic carbocycles. The zero-order chi connectivity index (χ0) is 11.7. The molecule has 2 heterocycles. The number of fused-ring (bicyclic) bond motifs is 1. The minimum atomic E-state index is 0.642. The molecule has 0 aliphatic heterocycles. The quantitative estimate of drug-likeness (QED) is 0.810. The van der Waals surface area contributed by atoms with Crippen LogP contribution in [0.5, 0.6) is 0 Å². The number of H-pyrrole nitrogens is 1. The maximum atomic E-state index is 4.59. The van der Waals surface area contributed by atoms with E-state index in [9.17, 15) is 0 Å². The third-order valence-corrected chi connectivity index (χ3v) is 3.06. The van der Waals surface area contributed by atoms with Crippen molar-refractivity contribution in [1.29, 1.82) is 0 Å². The van der Waals surface area contributed by atoms with Crippen LogP contribution < -0.4 is 5.32 Å². The average molecular weight is 230 g/mol. The summed E-state index contributed by atoms with van der Waals surface area (Å²) in [5.41, 5.74) is 3.09. The van der Waals surface area contributed by atoms with E-state index in [0.717, 1.165) is 24.4 Å². The summed E-state index contributed by atoms with van der Waals surface area (Å²) in [7, 11) is 1.89. The first-order chi connectivity index (χ1) is 8.38. The Morgan fingerprint density at radius 1 is 1.24 bits per heavy atom. The predicted octanol–water partition coefficient (Wildman–Crippen LogP) is 1.18. The molecule has 0 spiro atoms. The fourth-order valence-electron chi connectivity index (χ4n) is 2.22. The Hall–Kier alpha value is -1.98. The molecule has 17 heavy (non-hydrogen) atoms. The highest BCUT2D eigenvalue weighted by molar-refractivity contribution is 5.56. The molecule has 0 saturated carbocycles. The Kier molecular flexibility index (Phi) is 2.47. The van der Waals surface area contributed by atoms with E-state index in [1.165, 1.54) is 18.4 Å². The van der Waals surface area contributed by atoms with E-state index in [4.69, 9.17) is 0 Å². The SMILES string of the molecule is CNc1nc(-c2cn[nH]n2)nc2c1CCCC2. The van der Waals surface area contributed by atoms with Crippen LogP contribution in [0.4, 0.5) is 5.82 Å². The normalized spacial score (nSPS) is 14.4. The van der Waals surface area contributed by atoms with Crippen LogP contribution >= 0.6 is 0 Å². The molecule has 3 rings (SSSR count). The van der Waals surface area contributed by atoms with Crippen molar-refractivity contribution in [2.24, 2.45) is 0 Å². The molecule has 1 aliphatic rings. The third kappa shape index (κ3) is 1.75. The number of nitrogens with zero attached hydrogens (tertiary/aromatic N) is 4. The molecule has 2 N–H and O–H groups in total. The largest absolute Gasteiger partial charge is 0.373 e. The van der Waals surface area contributed by atoms with Crippen LogP contribution in [0.15, 0.2) is 6.20 Å². The summed E-state index contributed by atoms with van der Waals surface area (Å²) in [4.78, 5) is 9.09. The van der Waals surface area contributed by atoms with Gasteiger partial charge in [-0.05, 0) is 25.7 Å². The van der Waals surface area contributed by atoms with Crippen molar-refractivity contribution >= 4 is 5.82 Å². The van der Waals surface area contributed by atoms with Gasteiger partial charge in [0.05, 0.1) is 6.20 Å². The fraction of sp³-hybridized carbons (Fsp3) is 0.455. The van der Waals surface area contributed by atoms with Crippen molar-refractivity contribution in [2.45, 2.75) is 25.7 Å². The summed E-state index contributed by atoms with van der Waals surface area (Å²) in [6, 6.07) is 0. The van der Waals surface area contributed by atoms with Gasteiger partial charge in [0.15, 0.2) is 5.82 Å². The van der Waals surface area contributed by atoms with Crippen molar-refractivity contribution in [3.8, 4) is 11.5 Å². The number of aryl methyl sites for hydroxylation is 1. The number of aromatic amines is 1. The lowest BCUT2D eigenvalue weighted by Crippen LogP contribution is -2.12. The highest BCUT2D eigenvalue weighted by Gasteiger charge is 2.18. The molecule has 0 bridgehead atoms. The van der Waals surface area contributed by atoms with Gasteiger partial charge < -0.3 is 5.32 Å². The molecule has 88 valence electrons. The lowest BCUT2D eigenvalue weighted by atomic mass is 9.96. The van der Waals surface area contributed by atoms with Gasteiger partial charge in [-0.2, -0.15) is 15.4 Å². The van der Waals surface area contributed by atoms with Crippen LogP contribution in [0.25, 0.3) is 11.5 Å². The molecule has 6 heteroatoms. The topological polar surface area (TPSA) is 79.4 Å². The first-order valence-corrected chi connectivity index (χ1v) is 5.82. The molecule has 0 saturated heterocycles. The molecule has 0 fully saturated rings. The van der Waals surface area contributed by atoms with Gasteiger partial charge in [0.2, 0.25) is 0 Å². The molecular weight excluding hydrogens is 216 g/mol. The smallest absolute Gasteiger partial charge is 0.184 e. The number of nitrogens with one attached hydrogen (secondary N) is 2. The second kappa shape index (κ2) is 4.12. The lowest BCUT2D eigenvalue weighted by molar-refractivity contribution is 0.665. The average Bonchev–Trinajstić information content (AvgIpc) is 2.91. The van der Waals surface area contributed by atoms with Crippen molar-refractivity contribution < 1.29 is 0 Å². The third-order valence-electron chi connectivity index (χ3n) is 3.06. The highest BCUT2D eigenvalue weighted by Crippen LogP contribution is 2.27. The molecule has 0 radical (unpaired) electrons. The Labute approximate surface area is 98.9 Å². The van der Waals surface area contributed by atoms with Crippen LogP contribution in [-0.2, 0) is 12.8 Å². The Morgan fingerprint density at radius 3 is 2.88 bits per heavy atom. The monoisotopic (exact) mass is 230 g/mol. The van der Waals surface area contributed by atoms with Crippen molar-refractivity contribution in [1.82, 2.24) is 25.4 Å². The first kappa shape index (κ1) is 10.2. The maximum absolute atomic E-state index is 4.59. The van der Waals surface area contributed by atoms with E-state index in [-0.39, 0.29) is 0 Å². The van der Waals surface area contributed by atoms with Gasteiger partial charge in [-0.1, -0.05) is 0 Å². The van der Waals surface area contributed by atoms with Crippen LogP contribution in [0.3, 0.4) is 0 Å². The molecule has 0 atom stereocenters. The van der Waals surface area contributed by atoms with Crippen molar-refractivity contribution in [3.63, 3.8) is 0 Å². The minimum absolute atomic E-state index is 0.642. The summed E-state index contributed by atoms with van der Waals surface area (Å²) in [5, 5.41) is 13.5. The summed E-state index contributed by atoms with van der Waals surface area (Å²) >= 11 is 0. The fourth-order valence-corrected chi connectivity index (χ4v) is 2.22. The molecule has 1 aliphatic carbocycles. The van der Waals surface area contributed by atoms with E-state index in [1.807, 2.05) is 7.05 Å². The molecule has 6 nitrogen and oxygen atoms in total. The number of hydrogen-bond donors (Lipinski definition) is 2. The van der Waals surface area contributed by atoms with E-state index in [1.54, 1.807) is 6.20 Å². The molecule has 2 aromatic heterocycles. The van der Waals surface area contributed by atoms with Gasteiger partial charge in [-0.25, -0.2) is 9.97 Å². The van der Waals surface area contributed by atoms with E-state index < -0.39 is 0 Å². The van der Waals surface area contributed by atoms with Gasteiger partial charge in [0.25, 0.3) is 0 Å². The van der Waals surface area contributed by atoms with Gasteiger partial charge in [0.1, 0.15) is 11.5 Å². The summed E-state index contributed by atoms with van der Waals surface area (Å²) < 4.78 is 0. The highest BCUT2D eigenvalue weighted by atomic mass is 15.3. The molecular formula is C11H14N6. The standard InChI is InChI=1S/C11H14N6/c1-12-10-7-4-2-3-5-8(7)14-11(15-10)9-6-13-17-16-9/h6H,2-5H2,1H3,(H,12,14,15)(H,13,16,17). The van der Waals surface area contributed by atoms with Crippen molar-refractivity contribution in [2.75, 3.05) is 12.4 Å². The Balaban J connectivity index is 2.12. The second-order valence-corrected chi connectivity index (χ2v) is 4.13. The second-order valence-electron chi connectivity index (χ2n) is 4.13. The van der Waals surface area contributed by atoms with E-state index in [2.05, 4.69) is 30.7 Å². The van der Waals surface area contributed by atoms with E-state index in [0.29, 0.717) is 11.5 Å². The van der Waals surface area contributed by atoms with Gasteiger partial charge >= 0.3 is 0 Å². The number of aromatic nitrogens is 5. The number of hydrogen-bond acceptors (Lipinski definition) is 5. The van der Waals surface area contributed by atoms with Crippen LogP contribution in [0.2, 0.25) is 0 Å². The van der Waals surface area contributed by atoms with Crippen molar-refractivity contribution in [3.05, 3.63) is 17.5 Å². The van der Waals surface area contributed by atoms with Gasteiger partial charge in [0, 0.05) is 18.3 Å². The maximum Gasteiger partial charge on any atom is 0.184 e. The zero-order valence-electron chi connectivity index (χ0n) is 9.69. The van der Waals surface area contributed by atoms with Gasteiger partial charge in [-0.3, -0.25) is 0 Å². The Morgan fingerprint density at radius 2 is 2.12 bits per heavy atom. The summed E-state index contributed by atoms with van der Waals surface area (Å²) in [6.07, 6.45) is 6.14. The molecule has 0 amide bonds. The zero-order valence-corrected chi connectivity index (χ0v) is 9.69. The first-order valence-electron chi connectivity index (χ1n) is 5.82. The van der Waals surface area contributed by atoms with Gasteiger partial charge in [-0.15, -0.1) is 0 Å². The van der Waals surface area contributed by atoms with Crippen LogP contribution in [0, 0.1) is 0 Å². The summed E-state index contributed by atoms with van der Waals surface area (Å²) in [6.45, 7) is 0. The lowest BCUT2D eigenvalue weighted by Gasteiger charge is -2.18. The number of rotatable bonds is 2. The summed E-state index contributed by atoms with van der Waals surface area (Å²) in [5.74, 6) is 1.57. The van der Waals surface area contributed by atoms with Crippen LogP contribution in [0.1, 0.15) is 24.1 Å². The minimum Gasteiger partial charge on any atom is -0.373 e. The predicted molar refractivity (Wildman–Crippen MR) is 63.6 cm³/mol. The number of anilines is 1.